The first-order valence-electron chi connectivity index (χ1n) is 7.10. The van der Waals surface area contributed by atoms with Crippen molar-refractivity contribution in [2.75, 3.05) is 13.1 Å². The Hall–Kier alpha value is -1.61. The van der Waals surface area contributed by atoms with Crippen molar-refractivity contribution in [3.05, 3.63) is 52.8 Å². The molecule has 1 fully saturated rings. The molecule has 2 rings (SSSR count). The molecule has 2 nitrogen and oxygen atoms in total. The van der Waals surface area contributed by atoms with E-state index in [9.17, 15) is 4.79 Å². The van der Waals surface area contributed by atoms with Crippen LogP contribution in [0.25, 0.3) is 5.57 Å². The van der Waals surface area contributed by atoms with Crippen molar-refractivity contribution in [3.8, 4) is 0 Å². The molecule has 20 heavy (non-hydrogen) atoms. The van der Waals surface area contributed by atoms with E-state index in [1.807, 2.05) is 41.5 Å². The molecule has 0 bridgehead atoms. The molecule has 1 amide bonds. The van der Waals surface area contributed by atoms with Crippen molar-refractivity contribution in [1.82, 2.24) is 4.90 Å². The summed E-state index contributed by atoms with van der Waals surface area (Å²) < 4.78 is 0. The summed E-state index contributed by atoms with van der Waals surface area (Å²) in [6, 6.07) is 2.00. The maximum atomic E-state index is 12.4. The quantitative estimate of drug-likeness (QED) is 0.746. The van der Waals surface area contributed by atoms with Crippen LogP contribution < -0.4 is 0 Å². The molecule has 0 unspecified atom stereocenters. The SMILES string of the molecule is C=C/C=C(\C=C/C)c1cc(C(=O)N2CCCCC2)cs1. The minimum atomic E-state index is 0.172. The Morgan fingerprint density at radius 1 is 1.35 bits per heavy atom. The van der Waals surface area contributed by atoms with Gasteiger partial charge in [0.15, 0.2) is 0 Å². The smallest absolute Gasteiger partial charge is 0.254 e. The molecule has 0 spiro atoms. The normalized spacial score (nSPS) is 16.6. The number of carbonyl (C=O) groups is 1. The van der Waals surface area contributed by atoms with Crippen LogP contribution in [0.1, 0.15) is 41.4 Å². The number of hydrogen-bond donors (Lipinski definition) is 0. The van der Waals surface area contributed by atoms with E-state index in [0.29, 0.717) is 0 Å². The average molecular weight is 287 g/mol. The summed E-state index contributed by atoms with van der Waals surface area (Å²) in [6.45, 7) is 7.53. The summed E-state index contributed by atoms with van der Waals surface area (Å²) in [5.74, 6) is 0.172. The predicted molar refractivity (Wildman–Crippen MR) is 87.1 cm³/mol. The van der Waals surface area contributed by atoms with Gasteiger partial charge >= 0.3 is 0 Å². The van der Waals surface area contributed by atoms with Gasteiger partial charge in [0, 0.05) is 23.3 Å². The third-order valence-electron chi connectivity index (χ3n) is 3.42. The highest BCUT2D eigenvalue weighted by Gasteiger charge is 2.19. The van der Waals surface area contributed by atoms with Crippen LogP contribution in [-0.4, -0.2) is 23.9 Å². The standard InChI is InChI=1S/C17H21NOS/c1-3-8-14(9-4-2)16-12-15(13-20-16)17(19)18-10-6-5-7-11-18/h3-4,8-9,12-13H,1,5-7,10-11H2,2H3/b9-4-,14-8+. The first kappa shape index (κ1) is 14.8. The molecule has 0 N–H and O–H groups in total. The molecule has 0 saturated carbocycles. The molecule has 1 aromatic rings. The third kappa shape index (κ3) is 3.48. The molecule has 1 aromatic heterocycles. The summed E-state index contributed by atoms with van der Waals surface area (Å²) in [7, 11) is 0. The van der Waals surface area contributed by atoms with Gasteiger partial charge in [0.1, 0.15) is 0 Å². The maximum absolute atomic E-state index is 12.4. The van der Waals surface area contributed by atoms with Gasteiger partial charge in [-0.25, -0.2) is 0 Å². The molecular weight excluding hydrogens is 266 g/mol. The van der Waals surface area contributed by atoms with Gasteiger partial charge < -0.3 is 4.90 Å². The van der Waals surface area contributed by atoms with E-state index in [-0.39, 0.29) is 5.91 Å². The van der Waals surface area contributed by atoms with E-state index in [1.54, 1.807) is 17.4 Å². The van der Waals surface area contributed by atoms with Crippen molar-refractivity contribution in [1.29, 1.82) is 0 Å². The number of thiophene rings is 1. The van der Waals surface area contributed by atoms with E-state index in [1.165, 1.54) is 6.42 Å². The van der Waals surface area contributed by atoms with Crippen LogP contribution in [0.5, 0.6) is 0 Å². The Balaban J connectivity index is 2.17. The molecule has 1 aliphatic heterocycles. The van der Waals surface area contributed by atoms with Crippen LogP contribution in [-0.2, 0) is 0 Å². The van der Waals surface area contributed by atoms with E-state index >= 15 is 0 Å². The van der Waals surface area contributed by atoms with Crippen molar-refractivity contribution >= 4 is 22.8 Å². The zero-order valence-electron chi connectivity index (χ0n) is 12.0. The monoisotopic (exact) mass is 287 g/mol. The third-order valence-corrected chi connectivity index (χ3v) is 4.40. The summed E-state index contributed by atoms with van der Waals surface area (Å²) in [6.07, 6.45) is 11.3. The lowest BCUT2D eigenvalue weighted by Crippen LogP contribution is -2.35. The summed E-state index contributed by atoms with van der Waals surface area (Å²) in [5, 5.41) is 1.96. The van der Waals surface area contributed by atoms with Crippen LogP contribution in [0.4, 0.5) is 0 Å². The van der Waals surface area contributed by atoms with Gasteiger partial charge in [-0.1, -0.05) is 30.9 Å². The first-order valence-corrected chi connectivity index (χ1v) is 7.98. The van der Waals surface area contributed by atoms with Gasteiger partial charge in [0.05, 0.1) is 5.56 Å². The van der Waals surface area contributed by atoms with Crippen LogP contribution in [0, 0.1) is 0 Å². The Morgan fingerprint density at radius 3 is 2.75 bits per heavy atom. The summed E-state index contributed by atoms with van der Waals surface area (Å²) >= 11 is 1.62. The number of allylic oxidation sites excluding steroid dienone is 5. The zero-order valence-corrected chi connectivity index (χ0v) is 12.8. The van der Waals surface area contributed by atoms with Crippen LogP contribution in [0.3, 0.4) is 0 Å². The average Bonchev–Trinajstić information content (AvgIpc) is 2.97. The minimum absolute atomic E-state index is 0.172. The second kappa shape index (κ2) is 7.25. The number of rotatable bonds is 4. The Labute approximate surface area is 125 Å². The second-order valence-corrected chi connectivity index (χ2v) is 5.82. The fraction of sp³-hybridized carbons (Fsp3) is 0.353. The van der Waals surface area contributed by atoms with Gasteiger partial charge in [-0.15, -0.1) is 11.3 Å². The van der Waals surface area contributed by atoms with Gasteiger partial charge in [-0.2, -0.15) is 0 Å². The highest BCUT2D eigenvalue weighted by atomic mass is 32.1. The van der Waals surface area contributed by atoms with E-state index in [4.69, 9.17) is 0 Å². The molecule has 106 valence electrons. The fourth-order valence-corrected chi connectivity index (χ4v) is 3.30. The lowest BCUT2D eigenvalue weighted by molar-refractivity contribution is 0.0725. The molecule has 3 heteroatoms. The van der Waals surface area contributed by atoms with Gasteiger partial charge in [0.25, 0.3) is 5.91 Å². The number of carbonyl (C=O) groups excluding carboxylic acids is 1. The zero-order chi connectivity index (χ0) is 14.4. The minimum Gasteiger partial charge on any atom is -0.339 e. The van der Waals surface area contributed by atoms with Gasteiger partial charge in [-0.3, -0.25) is 4.79 Å². The number of nitrogens with zero attached hydrogens (tertiary/aromatic N) is 1. The van der Waals surface area contributed by atoms with E-state index < -0.39 is 0 Å². The predicted octanol–water partition coefficient (Wildman–Crippen LogP) is 4.52. The lowest BCUT2D eigenvalue weighted by Gasteiger charge is -2.26. The van der Waals surface area contributed by atoms with E-state index in [2.05, 4.69) is 6.58 Å². The molecule has 1 saturated heterocycles. The van der Waals surface area contributed by atoms with Crippen LogP contribution in [0.2, 0.25) is 0 Å². The molecule has 0 aromatic carbocycles. The van der Waals surface area contributed by atoms with Crippen molar-refractivity contribution in [2.45, 2.75) is 26.2 Å². The summed E-state index contributed by atoms with van der Waals surface area (Å²) in [4.78, 5) is 15.5. The highest BCUT2D eigenvalue weighted by molar-refractivity contribution is 7.11. The van der Waals surface area contributed by atoms with Gasteiger partial charge in [-0.05, 0) is 37.8 Å². The molecule has 2 heterocycles. The highest BCUT2D eigenvalue weighted by Crippen LogP contribution is 2.26. The summed E-state index contributed by atoms with van der Waals surface area (Å²) in [5.41, 5.74) is 1.91. The molecule has 0 atom stereocenters. The Morgan fingerprint density at radius 2 is 2.10 bits per heavy atom. The lowest BCUT2D eigenvalue weighted by atomic mass is 10.1. The first-order chi connectivity index (χ1) is 9.76. The number of amides is 1. The van der Waals surface area contributed by atoms with Crippen molar-refractivity contribution in [3.63, 3.8) is 0 Å². The number of hydrogen-bond acceptors (Lipinski definition) is 2. The molecular formula is C17H21NOS. The Kier molecular flexibility index (Phi) is 5.36. The fourth-order valence-electron chi connectivity index (χ4n) is 2.41. The van der Waals surface area contributed by atoms with Crippen molar-refractivity contribution in [2.24, 2.45) is 0 Å². The topological polar surface area (TPSA) is 20.3 Å². The largest absolute Gasteiger partial charge is 0.339 e. The maximum Gasteiger partial charge on any atom is 0.254 e. The van der Waals surface area contributed by atoms with Crippen LogP contribution >= 0.6 is 11.3 Å². The molecule has 0 aliphatic carbocycles. The Bertz CT molecular complexity index is 533. The molecule has 1 aliphatic rings. The second-order valence-electron chi connectivity index (χ2n) is 4.91. The number of likely N-dealkylation sites (tertiary alicyclic amines) is 1. The van der Waals surface area contributed by atoms with Crippen LogP contribution in [0.15, 0.2) is 42.3 Å². The van der Waals surface area contributed by atoms with Gasteiger partial charge in [0.2, 0.25) is 0 Å². The van der Waals surface area contributed by atoms with E-state index in [0.717, 1.165) is 41.9 Å². The number of piperidine rings is 1. The molecule has 0 radical (unpaired) electrons. The van der Waals surface area contributed by atoms with Crippen molar-refractivity contribution < 1.29 is 4.79 Å².